The number of nitrogens with one attached hydrogen (secondary N) is 2. The van der Waals surface area contributed by atoms with Gasteiger partial charge in [0.1, 0.15) is 0 Å². The molecule has 1 aliphatic heterocycles. The smallest absolute Gasteiger partial charge is 0.226 e. The Morgan fingerprint density at radius 2 is 2.05 bits per heavy atom. The number of thioether (sulfide) groups is 1. The predicted octanol–water partition coefficient (Wildman–Crippen LogP) is 2.56. The van der Waals surface area contributed by atoms with Crippen LogP contribution in [0.2, 0.25) is 0 Å². The van der Waals surface area contributed by atoms with Gasteiger partial charge in [-0.1, -0.05) is 20.3 Å². The van der Waals surface area contributed by atoms with Crippen LogP contribution in [0.4, 0.5) is 0 Å². The maximum Gasteiger partial charge on any atom is 0.226 e. The minimum absolute atomic E-state index is 0.102. The monoisotopic (exact) mass is 284 g/mol. The van der Waals surface area contributed by atoms with Crippen LogP contribution in [0, 0.1) is 5.41 Å². The summed E-state index contributed by atoms with van der Waals surface area (Å²) in [6.45, 7) is 6.35. The zero-order valence-corrected chi connectivity index (χ0v) is 13.2. The van der Waals surface area contributed by atoms with E-state index in [1.54, 1.807) is 0 Å². The highest BCUT2D eigenvalue weighted by atomic mass is 32.2. The lowest BCUT2D eigenvalue weighted by atomic mass is 9.75. The number of hydrogen-bond donors (Lipinski definition) is 2. The Morgan fingerprint density at radius 3 is 2.68 bits per heavy atom. The minimum atomic E-state index is -0.102. The number of piperidine rings is 1. The van der Waals surface area contributed by atoms with Crippen LogP contribution in [0.25, 0.3) is 0 Å². The molecule has 1 saturated heterocycles. The molecule has 2 rings (SSSR count). The maximum absolute atomic E-state index is 12.7. The molecule has 0 aromatic carbocycles. The molecule has 1 heterocycles. The summed E-state index contributed by atoms with van der Waals surface area (Å²) in [7, 11) is 0. The molecule has 2 N–H and O–H groups in total. The summed E-state index contributed by atoms with van der Waals surface area (Å²) in [5.41, 5.74) is -0.102. The molecule has 2 atom stereocenters. The number of rotatable bonds is 5. The second kappa shape index (κ2) is 6.98. The fourth-order valence-corrected chi connectivity index (χ4v) is 4.67. The second-order valence-electron chi connectivity index (χ2n) is 5.89. The van der Waals surface area contributed by atoms with Crippen LogP contribution in [0.3, 0.4) is 0 Å². The maximum atomic E-state index is 12.7. The molecule has 1 saturated carbocycles. The van der Waals surface area contributed by atoms with Crippen molar-refractivity contribution in [3.8, 4) is 0 Å². The van der Waals surface area contributed by atoms with E-state index in [4.69, 9.17) is 0 Å². The molecule has 0 aromatic heterocycles. The molecule has 4 heteroatoms. The molecule has 110 valence electrons. The fraction of sp³-hybridized carbons (Fsp3) is 0.933. The molecule has 2 aliphatic rings. The van der Waals surface area contributed by atoms with Crippen molar-refractivity contribution < 1.29 is 4.79 Å². The first-order chi connectivity index (χ1) is 9.22. The Balaban J connectivity index is 1.95. The molecule has 0 aromatic rings. The summed E-state index contributed by atoms with van der Waals surface area (Å²) in [5.74, 6) is 1.48. The quantitative estimate of drug-likeness (QED) is 0.815. The highest BCUT2D eigenvalue weighted by Crippen LogP contribution is 2.35. The van der Waals surface area contributed by atoms with Gasteiger partial charge in [-0.05, 0) is 50.9 Å². The van der Waals surface area contributed by atoms with Crippen LogP contribution in [0.1, 0.15) is 52.4 Å². The SMILES string of the molecule is CCSC1CCCC1NC(=O)C1(CC)CCNCC1. The van der Waals surface area contributed by atoms with Crippen molar-refractivity contribution in [1.82, 2.24) is 10.6 Å². The van der Waals surface area contributed by atoms with Gasteiger partial charge in [-0.25, -0.2) is 0 Å². The van der Waals surface area contributed by atoms with Crippen LogP contribution in [-0.2, 0) is 4.79 Å². The van der Waals surface area contributed by atoms with Crippen molar-refractivity contribution in [2.24, 2.45) is 5.41 Å². The average molecular weight is 284 g/mol. The van der Waals surface area contributed by atoms with Gasteiger partial charge >= 0.3 is 0 Å². The lowest BCUT2D eigenvalue weighted by Crippen LogP contribution is -2.51. The summed E-state index contributed by atoms with van der Waals surface area (Å²) in [6, 6.07) is 0.413. The molecule has 1 aliphatic carbocycles. The molecular formula is C15H28N2OS. The molecule has 2 fully saturated rings. The molecule has 0 spiro atoms. The Hall–Kier alpha value is -0.220. The lowest BCUT2D eigenvalue weighted by Gasteiger charge is -2.37. The summed E-state index contributed by atoms with van der Waals surface area (Å²) in [5, 5.41) is 7.40. The zero-order valence-electron chi connectivity index (χ0n) is 12.3. The van der Waals surface area contributed by atoms with Crippen LogP contribution < -0.4 is 10.6 Å². The third-order valence-corrected chi connectivity index (χ3v) is 6.19. The third-order valence-electron chi connectivity index (χ3n) is 4.87. The molecule has 0 bridgehead atoms. The minimum Gasteiger partial charge on any atom is -0.352 e. The van der Waals surface area contributed by atoms with E-state index in [-0.39, 0.29) is 5.41 Å². The summed E-state index contributed by atoms with van der Waals surface area (Å²) in [6.07, 6.45) is 6.66. The summed E-state index contributed by atoms with van der Waals surface area (Å²) in [4.78, 5) is 12.7. The Labute approximate surface area is 121 Å². The van der Waals surface area contributed by atoms with Gasteiger partial charge in [0.05, 0.1) is 5.41 Å². The van der Waals surface area contributed by atoms with Gasteiger partial charge in [0.15, 0.2) is 0 Å². The standard InChI is InChI=1S/C15H28N2OS/c1-3-15(8-10-16-11-9-15)14(18)17-12-6-5-7-13(12)19-4-2/h12-13,16H,3-11H2,1-2H3,(H,17,18). The van der Waals surface area contributed by atoms with E-state index in [1.165, 1.54) is 19.3 Å². The fourth-order valence-electron chi connectivity index (χ4n) is 3.47. The van der Waals surface area contributed by atoms with E-state index in [1.807, 2.05) is 11.8 Å². The van der Waals surface area contributed by atoms with Gasteiger partial charge in [0.2, 0.25) is 5.91 Å². The van der Waals surface area contributed by atoms with Crippen molar-refractivity contribution in [3.05, 3.63) is 0 Å². The van der Waals surface area contributed by atoms with E-state index in [0.717, 1.165) is 38.1 Å². The first-order valence-electron chi connectivity index (χ1n) is 7.85. The second-order valence-corrected chi connectivity index (χ2v) is 7.40. The normalized spacial score (nSPS) is 30.2. The highest BCUT2D eigenvalue weighted by Gasteiger charge is 2.40. The summed E-state index contributed by atoms with van der Waals surface area (Å²) >= 11 is 2.02. The van der Waals surface area contributed by atoms with E-state index >= 15 is 0 Å². The van der Waals surface area contributed by atoms with E-state index in [0.29, 0.717) is 17.2 Å². The molecule has 2 unspecified atom stereocenters. The largest absolute Gasteiger partial charge is 0.352 e. The van der Waals surface area contributed by atoms with Crippen molar-refractivity contribution >= 4 is 17.7 Å². The highest BCUT2D eigenvalue weighted by molar-refractivity contribution is 7.99. The molecule has 1 amide bonds. The Bertz CT molecular complexity index is 303. The lowest BCUT2D eigenvalue weighted by molar-refractivity contribution is -0.133. The number of amides is 1. The van der Waals surface area contributed by atoms with Gasteiger partial charge in [-0.2, -0.15) is 11.8 Å². The zero-order chi connectivity index (χ0) is 13.7. The van der Waals surface area contributed by atoms with Gasteiger partial charge in [0.25, 0.3) is 0 Å². The molecule has 3 nitrogen and oxygen atoms in total. The molecular weight excluding hydrogens is 256 g/mol. The Kier molecular flexibility index (Phi) is 5.58. The van der Waals surface area contributed by atoms with Gasteiger partial charge in [-0.3, -0.25) is 4.79 Å². The topological polar surface area (TPSA) is 41.1 Å². The van der Waals surface area contributed by atoms with E-state index in [2.05, 4.69) is 24.5 Å². The first kappa shape index (κ1) is 15.2. The third kappa shape index (κ3) is 3.46. The van der Waals surface area contributed by atoms with E-state index < -0.39 is 0 Å². The van der Waals surface area contributed by atoms with Crippen LogP contribution >= 0.6 is 11.8 Å². The predicted molar refractivity (Wildman–Crippen MR) is 82.5 cm³/mol. The van der Waals surface area contributed by atoms with Crippen molar-refractivity contribution in [2.75, 3.05) is 18.8 Å². The van der Waals surface area contributed by atoms with Crippen molar-refractivity contribution in [1.29, 1.82) is 0 Å². The van der Waals surface area contributed by atoms with Gasteiger partial charge in [0, 0.05) is 11.3 Å². The molecule has 19 heavy (non-hydrogen) atoms. The molecule has 0 radical (unpaired) electrons. The summed E-state index contributed by atoms with van der Waals surface area (Å²) < 4.78 is 0. The van der Waals surface area contributed by atoms with Crippen LogP contribution in [0.5, 0.6) is 0 Å². The van der Waals surface area contributed by atoms with Gasteiger partial charge in [-0.15, -0.1) is 0 Å². The van der Waals surface area contributed by atoms with Gasteiger partial charge < -0.3 is 10.6 Å². The Morgan fingerprint density at radius 1 is 1.32 bits per heavy atom. The number of carbonyl (C=O) groups is 1. The van der Waals surface area contributed by atoms with Crippen LogP contribution in [0.15, 0.2) is 0 Å². The first-order valence-corrected chi connectivity index (χ1v) is 8.90. The van der Waals surface area contributed by atoms with E-state index in [9.17, 15) is 4.79 Å². The number of carbonyl (C=O) groups excluding carboxylic acids is 1. The van der Waals surface area contributed by atoms with Crippen molar-refractivity contribution in [2.45, 2.75) is 63.7 Å². The average Bonchev–Trinajstić information content (AvgIpc) is 2.87. The van der Waals surface area contributed by atoms with Crippen molar-refractivity contribution in [3.63, 3.8) is 0 Å². The number of hydrogen-bond acceptors (Lipinski definition) is 3. The van der Waals surface area contributed by atoms with Crippen LogP contribution in [-0.4, -0.2) is 36.0 Å².